The van der Waals surface area contributed by atoms with Gasteiger partial charge in [-0.25, -0.2) is 4.68 Å². The van der Waals surface area contributed by atoms with Crippen molar-refractivity contribution in [2.75, 3.05) is 16.8 Å². The number of carbonyl (C=O) groups is 2. The van der Waals surface area contributed by atoms with Crippen LogP contribution in [0.2, 0.25) is 5.02 Å². The Morgan fingerprint density at radius 1 is 1.05 bits per heavy atom. The van der Waals surface area contributed by atoms with E-state index in [0.29, 0.717) is 33.3 Å². The highest BCUT2D eigenvalue weighted by atomic mass is 35.5. The van der Waals surface area contributed by atoms with Gasteiger partial charge >= 0.3 is 0 Å². The summed E-state index contributed by atoms with van der Waals surface area (Å²) in [6.45, 7) is 2.03. The van der Waals surface area contributed by atoms with Gasteiger partial charge in [-0.2, -0.15) is 19.9 Å². The van der Waals surface area contributed by atoms with Crippen molar-refractivity contribution in [2.45, 2.75) is 13.3 Å². The lowest BCUT2D eigenvalue weighted by molar-refractivity contribution is -0.122. The number of H-pyrrole nitrogens is 1. The van der Waals surface area contributed by atoms with Crippen LogP contribution in [-0.4, -0.2) is 47.9 Å². The van der Waals surface area contributed by atoms with Crippen molar-refractivity contribution in [3.05, 3.63) is 87.9 Å². The Morgan fingerprint density at radius 3 is 2.58 bits per heavy atom. The first-order chi connectivity index (χ1) is 18.4. The molecule has 1 unspecified atom stereocenters. The van der Waals surface area contributed by atoms with E-state index in [1.807, 2.05) is 30.3 Å². The van der Waals surface area contributed by atoms with Crippen LogP contribution in [0.15, 0.2) is 71.7 Å². The number of para-hydroxylation sites is 1. The standard InChI is InChI=1S/C26H21ClN8O3/c1-15-11-21(29-24(37)16-12-22(36)33(14-16)18-5-3-2-4-6-18)35(32-15)26-30-23-20(25(38)31-26)13-28-34(23)19-9-7-17(27)8-10-19/h2-11,13,16H,12,14H2,1H3,(H,29,37)(H,30,31,38). The SMILES string of the molecule is Cc1cc(NC(=O)C2CC(=O)N(c3ccccc3)C2)n(-c2nc3c(cnn3-c3ccc(Cl)cc3)c(=O)[nH]2)n1. The van der Waals surface area contributed by atoms with E-state index in [9.17, 15) is 14.4 Å². The number of carbonyl (C=O) groups excluding carboxylic acids is 2. The van der Waals surface area contributed by atoms with E-state index in [4.69, 9.17) is 11.6 Å². The predicted molar refractivity (Wildman–Crippen MR) is 142 cm³/mol. The largest absolute Gasteiger partial charge is 0.312 e. The molecule has 0 aliphatic carbocycles. The molecule has 1 aliphatic rings. The van der Waals surface area contributed by atoms with Gasteiger partial charge in [0.2, 0.25) is 17.8 Å². The molecule has 1 saturated heterocycles. The van der Waals surface area contributed by atoms with Gasteiger partial charge < -0.3 is 10.2 Å². The Morgan fingerprint density at radius 2 is 1.82 bits per heavy atom. The van der Waals surface area contributed by atoms with Crippen LogP contribution in [0.5, 0.6) is 0 Å². The Kier molecular flexibility index (Phi) is 5.76. The van der Waals surface area contributed by atoms with Crippen LogP contribution >= 0.6 is 11.6 Å². The zero-order chi connectivity index (χ0) is 26.4. The van der Waals surface area contributed by atoms with Crippen LogP contribution in [-0.2, 0) is 9.59 Å². The second kappa shape index (κ2) is 9.27. The summed E-state index contributed by atoms with van der Waals surface area (Å²) in [5.74, 6) is -0.569. The number of anilines is 2. The maximum Gasteiger partial charge on any atom is 0.263 e. The number of nitrogens with zero attached hydrogens (tertiary/aromatic N) is 6. The minimum atomic E-state index is -0.549. The van der Waals surface area contributed by atoms with E-state index in [0.717, 1.165) is 5.69 Å². The maximum absolute atomic E-state index is 13.2. The van der Waals surface area contributed by atoms with E-state index in [1.165, 1.54) is 15.6 Å². The minimum Gasteiger partial charge on any atom is -0.312 e. The monoisotopic (exact) mass is 528 g/mol. The molecule has 190 valence electrons. The number of aromatic nitrogens is 6. The zero-order valence-corrected chi connectivity index (χ0v) is 20.9. The summed E-state index contributed by atoms with van der Waals surface area (Å²) in [4.78, 5) is 47.6. The van der Waals surface area contributed by atoms with Gasteiger partial charge in [-0.05, 0) is 43.3 Å². The Hall–Kier alpha value is -4.77. The normalized spacial score (nSPS) is 15.4. The van der Waals surface area contributed by atoms with E-state index >= 15 is 0 Å². The Balaban J connectivity index is 1.31. The van der Waals surface area contributed by atoms with Gasteiger partial charge in [0.25, 0.3) is 5.56 Å². The Labute approximate surface area is 220 Å². The molecule has 1 fully saturated rings. The summed E-state index contributed by atoms with van der Waals surface area (Å²) in [5.41, 5.74) is 1.93. The van der Waals surface area contributed by atoms with Crippen LogP contribution in [0.1, 0.15) is 12.1 Å². The molecule has 0 radical (unpaired) electrons. The van der Waals surface area contributed by atoms with E-state index in [1.54, 1.807) is 42.2 Å². The average molecular weight is 529 g/mol. The number of amides is 2. The summed E-state index contributed by atoms with van der Waals surface area (Å²) in [6, 6.07) is 17.9. The average Bonchev–Trinajstić information content (AvgIpc) is 3.62. The number of fused-ring (bicyclic) bond motifs is 1. The first kappa shape index (κ1) is 23.6. The third-order valence-corrected chi connectivity index (χ3v) is 6.60. The van der Waals surface area contributed by atoms with E-state index in [-0.39, 0.29) is 30.7 Å². The van der Waals surface area contributed by atoms with Crippen molar-refractivity contribution in [1.29, 1.82) is 0 Å². The fourth-order valence-corrected chi connectivity index (χ4v) is 4.62. The fourth-order valence-electron chi connectivity index (χ4n) is 4.50. The van der Waals surface area contributed by atoms with Crippen LogP contribution in [0, 0.1) is 12.8 Å². The van der Waals surface area contributed by atoms with Crippen molar-refractivity contribution in [3.8, 4) is 11.6 Å². The number of aromatic amines is 1. The number of rotatable bonds is 5. The van der Waals surface area contributed by atoms with Gasteiger partial charge in [-0.1, -0.05) is 29.8 Å². The molecule has 0 saturated carbocycles. The molecule has 4 heterocycles. The van der Waals surface area contributed by atoms with Crippen molar-refractivity contribution in [2.24, 2.45) is 5.92 Å². The lowest BCUT2D eigenvalue weighted by Gasteiger charge is -2.16. The zero-order valence-electron chi connectivity index (χ0n) is 20.1. The molecule has 38 heavy (non-hydrogen) atoms. The number of benzene rings is 2. The van der Waals surface area contributed by atoms with Gasteiger partial charge in [0.05, 0.1) is 23.5 Å². The minimum absolute atomic E-state index is 0.0924. The molecular formula is C26H21ClN8O3. The fraction of sp³-hybridized carbons (Fsp3) is 0.154. The summed E-state index contributed by atoms with van der Waals surface area (Å²) in [6.07, 6.45) is 1.53. The molecule has 3 aromatic heterocycles. The summed E-state index contributed by atoms with van der Waals surface area (Å²) >= 11 is 6.01. The molecule has 2 amide bonds. The van der Waals surface area contributed by atoms with Crippen molar-refractivity contribution < 1.29 is 9.59 Å². The van der Waals surface area contributed by atoms with Crippen LogP contribution in [0.3, 0.4) is 0 Å². The second-order valence-corrected chi connectivity index (χ2v) is 9.41. The van der Waals surface area contributed by atoms with Gasteiger partial charge in [-0.15, -0.1) is 0 Å². The van der Waals surface area contributed by atoms with E-state index in [2.05, 4.69) is 25.5 Å². The highest BCUT2D eigenvalue weighted by molar-refractivity contribution is 6.30. The molecule has 0 bridgehead atoms. The lowest BCUT2D eigenvalue weighted by Crippen LogP contribution is -2.28. The summed E-state index contributed by atoms with van der Waals surface area (Å²) < 4.78 is 2.89. The molecule has 1 aliphatic heterocycles. The molecule has 5 aromatic rings. The quantitative estimate of drug-likeness (QED) is 0.360. The van der Waals surface area contributed by atoms with Crippen molar-refractivity contribution in [1.82, 2.24) is 29.5 Å². The molecule has 11 nitrogen and oxygen atoms in total. The second-order valence-electron chi connectivity index (χ2n) is 8.97. The van der Waals surface area contributed by atoms with Gasteiger partial charge in [0.15, 0.2) is 5.65 Å². The summed E-state index contributed by atoms with van der Waals surface area (Å²) in [7, 11) is 0. The predicted octanol–water partition coefficient (Wildman–Crippen LogP) is 3.25. The molecule has 12 heteroatoms. The highest BCUT2D eigenvalue weighted by Gasteiger charge is 2.35. The van der Waals surface area contributed by atoms with Crippen LogP contribution in [0.4, 0.5) is 11.5 Å². The number of halogens is 1. The summed E-state index contributed by atoms with van der Waals surface area (Å²) in [5, 5.41) is 12.5. The van der Waals surface area contributed by atoms with Crippen molar-refractivity contribution >= 4 is 46.0 Å². The third-order valence-electron chi connectivity index (χ3n) is 6.34. The lowest BCUT2D eigenvalue weighted by atomic mass is 10.1. The van der Waals surface area contributed by atoms with Crippen LogP contribution in [0.25, 0.3) is 22.7 Å². The molecule has 2 N–H and O–H groups in total. The van der Waals surface area contributed by atoms with Crippen molar-refractivity contribution in [3.63, 3.8) is 0 Å². The molecule has 0 spiro atoms. The van der Waals surface area contributed by atoms with Gasteiger partial charge in [0, 0.05) is 29.7 Å². The number of aryl methyl sites for hydroxylation is 1. The number of hydrogen-bond acceptors (Lipinski definition) is 6. The smallest absolute Gasteiger partial charge is 0.263 e. The Bertz CT molecular complexity index is 1740. The number of hydrogen-bond donors (Lipinski definition) is 2. The third kappa shape index (κ3) is 4.22. The molecular weight excluding hydrogens is 508 g/mol. The first-order valence-electron chi connectivity index (χ1n) is 11.8. The highest BCUT2D eigenvalue weighted by Crippen LogP contribution is 2.26. The first-order valence-corrected chi connectivity index (χ1v) is 12.2. The van der Waals surface area contributed by atoms with E-state index < -0.39 is 11.5 Å². The van der Waals surface area contributed by atoms with Crippen LogP contribution < -0.4 is 15.8 Å². The maximum atomic E-state index is 13.2. The van der Waals surface area contributed by atoms with Gasteiger partial charge in [0.1, 0.15) is 11.2 Å². The molecule has 1 atom stereocenters. The topological polar surface area (TPSA) is 131 Å². The van der Waals surface area contributed by atoms with Gasteiger partial charge in [-0.3, -0.25) is 19.4 Å². The molecule has 6 rings (SSSR count). The number of nitrogens with one attached hydrogen (secondary N) is 2. The molecule has 2 aromatic carbocycles.